The summed E-state index contributed by atoms with van der Waals surface area (Å²) >= 11 is 0. The first kappa shape index (κ1) is 19.8. The van der Waals surface area contributed by atoms with E-state index in [-0.39, 0.29) is 36.1 Å². The molecule has 4 heterocycles. The third-order valence-corrected chi connectivity index (χ3v) is 5.74. The summed E-state index contributed by atoms with van der Waals surface area (Å²) in [6.07, 6.45) is -3.08. The molecule has 158 valence electrons. The molecule has 3 atom stereocenters. The number of rotatable bonds is 3. The highest BCUT2D eigenvalue weighted by Crippen LogP contribution is 2.42. The molecule has 0 bridgehead atoms. The van der Waals surface area contributed by atoms with Crippen LogP contribution in [0.25, 0.3) is 0 Å². The third kappa shape index (κ3) is 3.60. The Kier molecular flexibility index (Phi) is 4.82. The largest absolute Gasteiger partial charge is 0.410 e. The van der Waals surface area contributed by atoms with Crippen molar-refractivity contribution in [3.63, 3.8) is 0 Å². The molecule has 1 amide bonds. The van der Waals surface area contributed by atoms with Gasteiger partial charge in [-0.05, 0) is 32.1 Å². The van der Waals surface area contributed by atoms with Gasteiger partial charge in [0.15, 0.2) is 6.04 Å². The lowest BCUT2D eigenvalue weighted by atomic mass is 9.94. The molecule has 10 heteroatoms. The van der Waals surface area contributed by atoms with Crippen LogP contribution in [0.3, 0.4) is 0 Å². The van der Waals surface area contributed by atoms with Crippen molar-refractivity contribution < 1.29 is 22.5 Å². The summed E-state index contributed by atoms with van der Waals surface area (Å²) in [4.78, 5) is 14.4. The zero-order valence-electron chi connectivity index (χ0n) is 16.5. The van der Waals surface area contributed by atoms with Crippen molar-refractivity contribution in [3.05, 3.63) is 29.3 Å². The molecular weight excluding hydrogens is 387 g/mol. The fourth-order valence-corrected chi connectivity index (χ4v) is 4.15. The number of nitrogens with zero attached hydrogens (tertiary/aromatic N) is 4. The van der Waals surface area contributed by atoms with Crippen molar-refractivity contribution in [2.24, 2.45) is 5.92 Å². The highest BCUT2D eigenvalue weighted by molar-refractivity contribution is 5.92. The van der Waals surface area contributed by atoms with Crippen molar-refractivity contribution in [2.75, 3.05) is 11.9 Å². The average molecular weight is 411 g/mol. The molecule has 1 unspecified atom stereocenters. The van der Waals surface area contributed by atoms with Crippen LogP contribution < -0.4 is 5.32 Å². The SMILES string of the molecule is Cc1cc(C(=O)N2CCCC2c2cc3n(n2)[C@@H](C(F)(F)F)C[C@@H](C(C)C)N3)on1. The minimum Gasteiger partial charge on any atom is -0.367 e. The fraction of sp³-hybridized carbons (Fsp3) is 0.632. The van der Waals surface area contributed by atoms with Gasteiger partial charge < -0.3 is 14.7 Å². The lowest BCUT2D eigenvalue weighted by Gasteiger charge is -2.35. The zero-order valence-corrected chi connectivity index (χ0v) is 16.5. The molecule has 2 aliphatic heterocycles. The smallest absolute Gasteiger partial charge is 0.367 e. The predicted octanol–water partition coefficient (Wildman–Crippen LogP) is 4.10. The first-order valence-corrected chi connectivity index (χ1v) is 9.82. The molecule has 2 aromatic rings. The maximum Gasteiger partial charge on any atom is 0.410 e. The molecule has 29 heavy (non-hydrogen) atoms. The number of amides is 1. The molecule has 0 spiro atoms. The number of anilines is 1. The molecule has 1 N–H and O–H groups in total. The monoisotopic (exact) mass is 411 g/mol. The second-order valence-electron chi connectivity index (χ2n) is 8.18. The van der Waals surface area contributed by atoms with Crippen molar-refractivity contribution in [3.8, 4) is 0 Å². The summed E-state index contributed by atoms with van der Waals surface area (Å²) in [5, 5.41) is 11.2. The third-order valence-electron chi connectivity index (χ3n) is 5.74. The number of hydrogen-bond acceptors (Lipinski definition) is 5. The summed E-state index contributed by atoms with van der Waals surface area (Å²) in [5.41, 5.74) is 1.06. The number of halogens is 3. The van der Waals surface area contributed by atoms with Crippen LogP contribution in [-0.4, -0.2) is 44.5 Å². The van der Waals surface area contributed by atoms with Crippen LogP contribution in [0.1, 0.15) is 67.1 Å². The molecule has 1 saturated heterocycles. The van der Waals surface area contributed by atoms with Gasteiger partial charge in [-0.3, -0.25) is 4.79 Å². The molecule has 1 fully saturated rings. The van der Waals surface area contributed by atoms with Crippen LogP contribution in [-0.2, 0) is 0 Å². The van der Waals surface area contributed by atoms with Crippen LogP contribution in [0.4, 0.5) is 19.0 Å². The summed E-state index contributed by atoms with van der Waals surface area (Å²) < 4.78 is 47.2. The van der Waals surface area contributed by atoms with Gasteiger partial charge in [-0.15, -0.1) is 0 Å². The van der Waals surface area contributed by atoms with Crippen LogP contribution >= 0.6 is 0 Å². The molecule has 7 nitrogen and oxygen atoms in total. The minimum absolute atomic E-state index is 0.0474. The van der Waals surface area contributed by atoms with Gasteiger partial charge in [0.2, 0.25) is 5.76 Å². The minimum atomic E-state index is -4.39. The number of alkyl halides is 3. The Hall–Kier alpha value is -2.52. The molecule has 0 radical (unpaired) electrons. The van der Waals surface area contributed by atoms with Gasteiger partial charge >= 0.3 is 6.18 Å². The predicted molar refractivity (Wildman–Crippen MR) is 98.4 cm³/mol. The second-order valence-corrected chi connectivity index (χ2v) is 8.18. The first-order chi connectivity index (χ1) is 13.6. The number of carbonyl (C=O) groups is 1. The number of aryl methyl sites for hydroxylation is 1. The van der Waals surface area contributed by atoms with E-state index in [1.165, 1.54) is 0 Å². The molecule has 0 aromatic carbocycles. The molecule has 0 saturated carbocycles. The van der Waals surface area contributed by atoms with E-state index >= 15 is 0 Å². The van der Waals surface area contributed by atoms with Crippen molar-refractivity contribution in [1.82, 2.24) is 19.8 Å². The van der Waals surface area contributed by atoms with E-state index in [1.54, 1.807) is 24.0 Å². The van der Waals surface area contributed by atoms with E-state index < -0.39 is 12.2 Å². The number of aromatic nitrogens is 3. The average Bonchev–Trinajstić information content (AvgIpc) is 3.37. The Bertz CT molecular complexity index is 904. The zero-order chi connectivity index (χ0) is 20.9. The van der Waals surface area contributed by atoms with Crippen LogP contribution in [0.2, 0.25) is 0 Å². The molecule has 2 aliphatic rings. The van der Waals surface area contributed by atoms with E-state index in [1.807, 2.05) is 13.8 Å². The van der Waals surface area contributed by atoms with Gasteiger partial charge in [0, 0.05) is 24.7 Å². The maximum atomic E-state index is 13.7. The van der Waals surface area contributed by atoms with Gasteiger partial charge in [-0.1, -0.05) is 19.0 Å². The molecule has 4 rings (SSSR count). The highest BCUT2D eigenvalue weighted by Gasteiger charge is 2.47. The van der Waals surface area contributed by atoms with Crippen LogP contribution in [0.5, 0.6) is 0 Å². The van der Waals surface area contributed by atoms with E-state index in [0.29, 0.717) is 30.2 Å². The van der Waals surface area contributed by atoms with Gasteiger partial charge in [-0.25, -0.2) is 4.68 Å². The van der Waals surface area contributed by atoms with E-state index in [4.69, 9.17) is 4.52 Å². The van der Waals surface area contributed by atoms with Gasteiger partial charge in [-0.2, -0.15) is 18.3 Å². The fourth-order valence-electron chi connectivity index (χ4n) is 4.15. The number of likely N-dealkylation sites (tertiary alicyclic amines) is 1. The number of fused-ring (bicyclic) bond motifs is 1. The first-order valence-electron chi connectivity index (χ1n) is 9.82. The van der Waals surface area contributed by atoms with Gasteiger partial charge in [0.05, 0.1) is 17.4 Å². The Labute approximate surface area is 166 Å². The quantitative estimate of drug-likeness (QED) is 0.823. The van der Waals surface area contributed by atoms with Crippen molar-refractivity contribution >= 4 is 11.7 Å². The second kappa shape index (κ2) is 7.07. The Balaban J connectivity index is 1.65. The molecule has 2 aromatic heterocycles. The normalized spacial score (nSPS) is 24.7. The standard InChI is InChI=1S/C19H24F3N5O2/c1-10(2)12-8-16(19(20,21)22)27-17(23-12)9-13(24-27)14-5-4-6-26(14)18(28)15-7-11(3)25-29-15/h7,9-10,12,14,16,23H,4-6,8H2,1-3H3/t12-,14?,16+/m0/s1. The van der Waals surface area contributed by atoms with Gasteiger partial charge in [0.25, 0.3) is 5.91 Å². The van der Waals surface area contributed by atoms with Crippen LogP contribution in [0.15, 0.2) is 16.7 Å². The van der Waals surface area contributed by atoms with E-state index in [0.717, 1.165) is 11.1 Å². The Morgan fingerprint density at radius 1 is 1.34 bits per heavy atom. The molecular formula is C19H24F3N5O2. The van der Waals surface area contributed by atoms with Gasteiger partial charge in [0.1, 0.15) is 5.82 Å². The summed E-state index contributed by atoms with van der Waals surface area (Å²) in [7, 11) is 0. The lowest BCUT2D eigenvalue weighted by molar-refractivity contribution is -0.174. The Morgan fingerprint density at radius 2 is 2.10 bits per heavy atom. The maximum absolute atomic E-state index is 13.7. The summed E-state index contributed by atoms with van der Waals surface area (Å²) in [6, 6.07) is 0.846. The Morgan fingerprint density at radius 3 is 2.72 bits per heavy atom. The van der Waals surface area contributed by atoms with Crippen molar-refractivity contribution in [1.29, 1.82) is 0 Å². The number of carbonyl (C=O) groups excluding carboxylic acids is 1. The lowest BCUT2D eigenvalue weighted by Crippen LogP contribution is -2.41. The van der Waals surface area contributed by atoms with E-state index in [9.17, 15) is 18.0 Å². The highest BCUT2D eigenvalue weighted by atomic mass is 19.4. The number of nitrogens with one attached hydrogen (secondary N) is 1. The van der Waals surface area contributed by atoms with E-state index in [2.05, 4.69) is 15.6 Å². The number of hydrogen-bond donors (Lipinski definition) is 1. The molecule has 0 aliphatic carbocycles. The topological polar surface area (TPSA) is 76.2 Å². The van der Waals surface area contributed by atoms with Crippen molar-refractivity contribution in [2.45, 2.75) is 64.3 Å². The summed E-state index contributed by atoms with van der Waals surface area (Å²) in [5.74, 6) is 0.206. The summed E-state index contributed by atoms with van der Waals surface area (Å²) in [6.45, 7) is 6.01. The van der Waals surface area contributed by atoms with Crippen LogP contribution in [0, 0.1) is 12.8 Å².